The van der Waals surface area contributed by atoms with Crippen molar-refractivity contribution in [2.24, 2.45) is 0 Å². The van der Waals surface area contributed by atoms with Crippen LogP contribution in [0, 0.1) is 0 Å². The molecule has 1 saturated heterocycles. The Labute approximate surface area is 137 Å². The maximum Gasteiger partial charge on any atom is 0.110 e. The van der Waals surface area contributed by atoms with Crippen molar-refractivity contribution in [2.75, 3.05) is 6.54 Å². The molecule has 0 bridgehead atoms. The molecule has 0 saturated carbocycles. The summed E-state index contributed by atoms with van der Waals surface area (Å²) >= 11 is 3.64. The van der Waals surface area contributed by atoms with E-state index >= 15 is 0 Å². The van der Waals surface area contributed by atoms with E-state index in [4.69, 9.17) is 0 Å². The predicted octanol–water partition coefficient (Wildman–Crippen LogP) is 4.32. The standard InChI is InChI=1S/C16H18N4S2/c1-2-9-20(14(3-1)16-17-8-10-21-16)11-12-4-5-15(22-12)13-6-7-18-19-13/h4-8,10,14H,1-3,9,11H2,(H,18,19)/t14-/m0/s1. The van der Waals surface area contributed by atoms with E-state index in [1.54, 1.807) is 17.5 Å². The average Bonchev–Trinajstić information content (AvgIpc) is 3.30. The molecule has 0 spiro atoms. The zero-order valence-electron chi connectivity index (χ0n) is 12.2. The molecule has 0 aliphatic carbocycles. The van der Waals surface area contributed by atoms with Gasteiger partial charge in [0.25, 0.3) is 0 Å². The second-order valence-electron chi connectivity index (χ2n) is 5.59. The Kier molecular flexibility index (Phi) is 4.05. The number of rotatable bonds is 4. The zero-order valence-corrected chi connectivity index (χ0v) is 13.9. The number of likely N-dealkylation sites (tertiary alicyclic amines) is 1. The van der Waals surface area contributed by atoms with Crippen molar-refractivity contribution >= 4 is 22.7 Å². The van der Waals surface area contributed by atoms with Crippen LogP contribution in [0.1, 0.15) is 35.2 Å². The summed E-state index contributed by atoms with van der Waals surface area (Å²) < 4.78 is 0. The summed E-state index contributed by atoms with van der Waals surface area (Å²) in [7, 11) is 0. The molecular weight excluding hydrogens is 312 g/mol. The second kappa shape index (κ2) is 6.32. The first kappa shape index (κ1) is 14.1. The highest BCUT2D eigenvalue weighted by molar-refractivity contribution is 7.15. The van der Waals surface area contributed by atoms with Gasteiger partial charge in [0.2, 0.25) is 0 Å². The lowest BCUT2D eigenvalue weighted by molar-refractivity contribution is 0.141. The first-order chi connectivity index (χ1) is 10.9. The van der Waals surface area contributed by atoms with E-state index in [1.807, 2.05) is 23.6 Å². The van der Waals surface area contributed by atoms with Gasteiger partial charge in [-0.2, -0.15) is 5.10 Å². The summed E-state index contributed by atoms with van der Waals surface area (Å²) in [6.45, 7) is 2.19. The molecule has 0 amide bonds. The Morgan fingerprint density at radius 1 is 1.23 bits per heavy atom. The van der Waals surface area contributed by atoms with Gasteiger partial charge in [0, 0.05) is 29.2 Å². The fraction of sp³-hybridized carbons (Fsp3) is 0.375. The molecular formula is C16H18N4S2. The van der Waals surface area contributed by atoms with Crippen LogP contribution in [0.5, 0.6) is 0 Å². The van der Waals surface area contributed by atoms with Crippen molar-refractivity contribution in [1.82, 2.24) is 20.1 Å². The van der Waals surface area contributed by atoms with Gasteiger partial charge >= 0.3 is 0 Å². The van der Waals surface area contributed by atoms with E-state index in [0.29, 0.717) is 6.04 Å². The number of aromatic nitrogens is 3. The van der Waals surface area contributed by atoms with Crippen molar-refractivity contribution in [2.45, 2.75) is 31.8 Å². The second-order valence-corrected chi connectivity index (χ2v) is 7.68. The number of nitrogens with one attached hydrogen (secondary N) is 1. The molecule has 6 heteroatoms. The van der Waals surface area contributed by atoms with Gasteiger partial charge in [0.05, 0.1) is 16.6 Å². The Hall–Kier alpha value is -1.50. The maximum atomic E-state index is 4.54. The summed E-state index contributed by atoms with van der Waals surface area (Å²) in [6.07, 6.45) is 7.56. The molecule has 4 heterocycles. The quantitative estimate of drug-likeness (QED) is 0.775. The van der Waals surface area contributed by atoms with Gasteiger partial charge in [-0.15, -0.1) is 22.7 Å². The third-order valence-electron chi connectivity index (χ3n) is 4.14. The highest BCUT2D eigenvalue weighted by Crippen LogP contribution is 2.35. The van der Waals surface area contributed by atoms with E-state index in [9.17, 15) is 0 Å². The lowest BCUT2D eigenvalue weighted by Crippen LogP contribution is -2.32. The summed E-state index contributed by atoms with van der Waals surface area (Å²) in [5.41, 5.74) is 1.10. The molecule has 1 N–H and O–H groups in total. The van der Waals surface area contributed by atoms with Gasteiger partial charge in [-0.3, -0.25) is 10.00 Å². The van der Waals surface area contributed by atoms with Crippen LogP contribution < -0.4 is 0 Å². The van der Waals surface area contributed by atoms with E-state index in [1.165, 1.54) is 40.6 Å². The first-order valence-corrected chi connectivity index (χ1v) is 9.31. The summed E-state index contributed by atoms with van der Waals surface area (Å²) in [5.74, 6) is 0. The summed E-state index contributed by atoms with van der Waals surface area (Å²) in [6, 6.07) is 6.95. The average molecular weight is 330 g/mol. The van der Waals surface area contributed by atoms with Crippen molar-refractivity contribution in [3.63, 3.8) is 0 Å². The normalized spacial score (nSPS) is 19.5. The van der Waals surface area contributed by atoms with Crippen LogP contribution in [0.4, 0.5) is 0 Å². The highest BCUT2D eigenvalue weighted by atomic mass is 32.1. The fourth-order valence-corrected chi connectivity index (χ4v) is 4.88. The minimum Gasteiger partial charge on any atom is -0.289 e. The smallest absolute Gasteiger partial charge is 0.110 e. The SMILES string of the molecule is c1cc(-c2ccc(CN3CCCC[C@H]3c3nccs3)s2)[nH]n1. The molecule has 3 aromatic rings. The molecule has 1 aliphatic rings. The zero-order chi connectivity index (χ0) is 14.8. The number of aromatic amines is 1. The van der Waals surface area contributed by atoms with Gasteiger partial charge < -0.3 is 0 Å². The number of hydrogen-bond acceptors (Lipinski definition) is 5. The maximum absolute atomic E-state index is 4.54. The van der Waals surface area contributed by atoms with Gasteiger partial charge in [0.1, 0.15) is 5.01 Å². The van der Waals surface area contributed by atoms with Gasteiger partial charge in [-0.05, 0) is 37.6 Å². The molecule has 1 aliphatic heterocycles. The minimum atomic E-state index is 0.492. The van der Waals surface area contributed by atoms with Gasteiger partial charge in [-0.1, -0.05) is 6.42 Å². The van der Waals surface area contributed by atoms with Crippen molar-refractivity contribution in [3.05, 3.63) is 45.9 Å². The Balaban J connectivity index is 1.52. The molecule has 22 heavy (non-hydrogen) atoms. The van der Waals surface area contributed by atoms with Gasteiger partial charge in [-0.25, -0.2) is 4.98 Å². The Bertz CT molecular complexity index is 702. The van der Waals surface area contributed by atoms with E-state index in [-0.39, 0.29) is 0 Å². The lowest BCUT2D eigenvalue weighted by Gasteiger charge is -2.34. The topological polar surface area (TPSA) is 44.8 Å². The van der Waals surface area contributed by atoms with Crippen molar-refractivity contribution in [1.29, 1.82) is 0 Å². The molecule has 4 nitrogen and oxygen atoms in total. The van der Waals surface area contributed by atoms with Crippen molar-refractivity contribution < 1.29 is 0 Å². The predicted molar refractivity (Wildman–Crippen MR) is 91.0 cm³/mol. The monoisotopic (exact) mass is 330 g/mol. The molecule has 0 unspecified atom stereocenters. The fourth-order valence-electron chi connectivity index (χ4n) is 3.06. The molecule has 4 rings (SSSR count). The largest absolute Gasteiger partial charge is 0.289 e. The third kappa shape index (κ3) is 2.86. The summed E-state index contributed by atoms with van der Waals surface area (Å²) in [5, 5.41) is 10.4. The van der Waals surface area contributed by atoms with Crippen molar-refractivity contribution in [3.8, 4) is 10.6 Å². The van der Waals surface area contributed by atoms with Crippen LogP contribution in [-0.4, -0.2) is 26.6 Å². The molecule has 3 aromatic heterocycles. The Morgan fingerprint density at radius 2 is 2.23 bits per heavy atom. The first-order valence-electron chi connectivity index (χ1n) is 7.62. The number of piperidine rings is 1. The molecule has 1 atom stereocenters. The van der Waals surface area contributed by atoms with E-state index in [0.717, 1.165) is 12.2 Å². The minimum absolute atomic E-state index is 0.492. The van der Waals surface area contributed by atoms with Crippen LogP contribution >= 0.6 is 22.7 Å². The number of nitrogens with zero attached hydrogens (tertiary/aromatic N) is 3. The molecule has 1 fully saturated rings. The van der Waals surface area contributed by atoms with Crippen LogP contribution in [0.3, 0.4) is 0 Å². The van der Waals surface area contributed by atoms with E-state index in [2.05, 4.69) is 37.6 Å². The van der Waals surface area contributed by atoms with Crippen LogP contribution in [0.25, 0.3) is 10.6 Å². The van der Waals surface area contributed by atoms with Crippen LogP contribution in [-0.2, 0) is 6.54 Å². The molecule has 114 valence electrons. The third-order valence-corrected chi connectivity index (χ3v) is 6.12. The number of hydrogen-bond donors (Lipinski definition) is 1. The van der Waals surface area contributed by atoms with Gasteiger partial charge in [0.15, 0.2) is 0 Å². The summed E-state index contributed by atoms with van der Waals surface area (Å²) in [4.78, 5) is 9.80. The van der Waals surface area contributed by atoms with E-state index < -0.39 is 0 Å². The number of thiophene rings is 1. The number of thiazole rings is 1. The highest BCUT2D eigenvalue weighted by Gasteiger charge is 2.26. The Morgan fingerprint density at radius 3 is 3.05 bits per heavy atom. The molecule has 0 radical (unpaired) electrons. The molecule has 0 aromatic carbocycles. The lowest BCUT2D eigenvalue weighted by atomic mass is 10.0. The number of H-pyrrole nitrogens is 1. The van der Waals surface area contributed by atoms with Crippen LogP contribution in [0.2, 0.25) is 0 Å². The van der Waals surface area contributed by atoms with Crippen LogP contribution in [0.15, 0.2) is 36.0 Å².